The minimum Gasteiger partial charge on any atom is -0.444 e. The van der Waals surface area contributed by atoms with Crippen LogP contribution >= 0.6 is 11.3 Å². The van der Waals surface area contributed by atoms with Crippen molar-refractivity contribution in [3.63, 3.8) is 0 Å². The normalized spacial score (nSPS) is 15.6. The molecule has 1 aliphatic heterocycles. The van der Waals surface area contributed by atoms with Crippen molar-refractivity contribution in [3.8, 4) is 0 Å². The van der Waals surface area contributed by atoms with Crippen molar-refractivity contribution < 1.29 is 28.6 Å². The first-order chi connectivity index (χ1) is 20.2. The van der Waals surface area contributed by atoms with Crippen molar-refractivity contribution in [1.82, 2.24) is 15.3 Å². The van der Waals surface area contributed by atoms with Gasteiger partial charge in [-0.25, -0.2) is 9.59 Å². The first-order valence-corrected chi connectivity index (χ1v) is 14.9. The summed E-state index contributed by atoms with van der Waals surface area (Å²) in [5.41, 5.74) is 1.43. The highest BCUT2D eigenvalue weighted by molar-refractivity contribution is 7.23. The number of anilines is 3. The number of thiophene rings is 1. The van der Waals surface area contributed by atoms with Crippen LogP contribution in [-0.2, 0) is 20.8 Å². The monoisotopic (exact) mass is 612 g/mol. The number of nitrogens with zero attached hydrogens (tertiary/aromatic N) is 3. The molecule has 0 aromatic carbocycles. The molecule has 3 N–H and O–H groups in total. The predicted octanol–water partition coefficient (Wildman–Crippen LogP) is 5.93. The number of nitrogens with one attached hydrogen (secondary N) is 3. The molecule has 0 radical (unpaired) electrons. The van der Waals surface area contributed by atoms with E-state index in [2.05, 4.69) is 30.8 Å². The number of pyridine rings is 2. The number of ether oxygens (including phenoxy) is 3. The molecule has 3 amide bonds. The molecule has 1 aliphatic rings. The number of fused-ring (bicyclic) bond motifs is 1. The lowest BCUT2D eigenvalue weighted by Crippen LogP contribution is -2.49. The van der Waals surface area contributed by atoms with E-state index in [4.69, 9.17) is 14.2 Å². The summed E-state index contributed by atoms with van der Waals surface area (Å²) >= 11 is 1.23. The Morgan fingerprint density at radius 3 is 2.47 bits per heavy atom. The highest BCUT2D eigenvalue weighted by atomic mass is 32.1. The number of rotatable bonds is 7. The average molecular weight is 613 g/mol. The summed E-state index contributed by atoms with van der Waals surface area (Å²) in [6.45, 7) is 12.4. The Hall–Kier alpha value is -3.97. The molecule has 0 spiro atoms. The number of alkyl carbamates (subject to hydrolysis) is 1. The Bertz CT molecular complexity index is 1480. The second-order valence-electron chi connectivity index (χ2n) is 12.3. The topological polar surface area (TPSA) is 144 Å². The second-order valence-corrected chi connectivity index (χ2v) is 13.4. The van der Waals surface area contributed by atoms with Gasteiger partial charge in [0.1, 0.15) is 21.8 Å². The van der Waals surface area contributed by atoms with E-state index in [9.17, 15) is 14.4 Å². The zero-order valence-electron chi connectivity index (χ0n) is 25.7. The van der Waals surface area contributed by atoms with Crippen LogP contribution in [0.5, 0.6) is 0 Å². The van der Waals surface area contributed by atoms with E-state index >= 15 is 0 Å². The second kappa shape index (κ2) is 13.1. The van der Waals surface area contributed by atoms with Gasteiger partial charge in [0.05, 0.1) is 34.4 Å². The lowest BCUT2D eigenvalue weighted by molar-refractivity contribution is 0.0499. The predicted molar refractivity (Wildman–Crippen MR) is 167 cm³/mol. The van der Waals surface area contributed by atoms with Crippen LogP contribution in [0.3, 0.4) is 0 Å². The number of hydrogen-bond donors (Lipinski definition) is 3. The summed E-state index contributed by atoms with van der Waals surface area (Å²) in [5.74, 6) is -0.459. The molecule has 43 heavy (non-hydrogen) atoms. The molecule has 1 fully saturated rings. The van der Waals surface area contributed by atoms with Crippen LogP contribution in [0, 0.1) is 0 Å². The molecule has 3 aromatic heterocycles. The maximum Gasteiger partial charge on any atom is 0.412 e. The van der Waals surface area contributed by atoms with Crippen molar-refractivity contribution in [2.75, 3.05) is 35.7 Å². The van der Waals surface area contributed by atoms with Gasteiger partial charge in [0.15, 0.2) is 0 Å². The van der Waals surface area contributed by atoms with E-state index in [1.54, 1.807) is 46.5 Å². The van der Waals surface area contributed by atoms with E-state index < -0.39 is 29.3 Å². The molecule has 0 bridgehead atoms. The third-order valence-electron chi connectivity index (χ3n) is 6.27. The van der Waals surface area contributed by atoms with Crippen LogP contribution in [0.2, 0.25) is 0 Å². The molecule has 1 saturated heterocycles. The molecule has 0 aliphatic carbocycles. The minimum atomic E-state index is -0.720. The van der Waals surface area contributed by atoms with Gasteiger partial charge in [-0.05, 0) is 72.1 Å². The molecule has 232 valence electrons. The third-order valence-corrected chi connectivity index (χ3v) is 7.31. The molecular weight excluding hydrogens is 572 g/mol. The zero-order chi connectivity index (χ0) is 31.4. The van der Waals surface area contributed by atoms with E-state index in [0.717, 1.165) is 30.6 Å². The highest BCUT2D eigenvalue weighted by Crippen LogP contribution is 2.37. The van der Waals surface area contributed by atoms with Gasteiger partial charge in [0, 0.05) is 38.6 Å². The van der Waals surface area contributed by atoms with Crippen LogP contribution in [0.25, 0.3) is 10.2 Å². The first-order valence-electron chi connectivity index (χ1n) is 14.1. The van der Waals surface area contributed by atoms with Gasteiger partial charge in [0.2, 0.25) is 0 Å². The maximum absolute atomic E-state index is 13.9. The Morgan fingerprint density at radius 1 is 1.05 bits per heavy atom. The van der Waals surface area contributed by atoms with Crippen molar-refractivity contribution in [3.05, 3.63) is 41.9 Å². The fourth-order valence-electron chi connectivity index (χ4n) is 4.69. The van der Waals surface area contributed by atoms with Crippen molar-refractivity contribution in [2.45, 2.75) is 78.2 Å². The van der Waals surface area contributed by atoms with Gasteiger partial charge in [-0.3, -0.25) is 20.1 Å². The zero-order valence-corrected chi connectivity index (χ0v) is 26.5. The van der Waals surface area contributed by atoms with Gasteiger partial charge in [-0.2, -0.15) is 0 Å². The number of carbonyl (C=O) groups excluding carboxylic acids is 3. The molecule has 4 heterocycles. The lowest BCUT2D eigenvalue weighted by Gasteiger charge is -2.35. The summed E-state index contributed by atoms with van der Waals surface area (Å²) in [7, 11) is 1.59. The number of amides is 3. The number of methoxy groups -OCH3 is 1. The Balaban J connectivity index is 1.59. The molecule has 13 heteroatoms. The van der Waals surface area contributed by atoms with Crippen molar-refractivity contribution >= 4 is 56.0 Å². The molecule has 4 rings (SSSR count). The molecule has 3 aromatic rings. The fourth-order valence-corrected chi connectivity index (χ4v) is 5.80. The minimum absolute atomic E-state index is 0.128. The third kappa shape index (κ3) is 8.77. The molecule has 0 saturated carbocycles. The van der Waals surface area contributed by atoms with Crippen LogP contribution in [0.15, 0.2) is 30.7 Å². The average Bonchev–Trinajstić information content (AvgIpc) is 3.24. The van der Waals surface area contributed by atoms with E-state index in [0.29, 0.717) is 34.1 Å². The number of carbonyl (C=O) groups is 3. The number of piperidine rings is 1. The largest absolute Gasteiger partial charge is 0.444 e. The summed E-state index contributed by atoms with van der Waals surface area (Å²) in [4.78, 5) is 49.9. The van der Waals surface area contributed by atoms with Crippen LogP contribution in [0.4, 0.5) is 26.0 Å². The summed E-state index contributed by atoms with van der Waals surface area (Å²) in [6, 6.07) is 3.58. The van der Waals surface area contributed by atoms with E-state index in [1.807, 2.05) is 32.9 Å². The smallest absolute Gasteiger partial charge is 0.412 e. The van der Waals surface area contributed by atoms with Gasteiger partial charge in [-0.15, -0.1) is 11.3 Å². The maximum atomic E-state index is 13.9. The van der Waals surface area contributed by atoms with Crippen molar-refractivity contribution in [1.29, 1.82) is 0 Å². The highest BCUT2D eigenvalue weighted by Gasteiger charge is 2.28. The fraction of sp³-hybridized carbons (Fsp3) is 0.500. The molecule has 12 nitrogen and oxygen atoms in total. The number of aromatic nitrogens is 2. The SMILES string of the molecule is COCc1cnc2c(C(=O)Nc3cnccc3N3CCC[C@H](NC(=O)OC(C)(C)C)C3)c(NC(=O)OC(C)(C)C)sc2c1. The summed E-state index contributed by atoms with van der Waals surface area (Å²) in [6.07, 6.45) is 5.39. The Kier molecular flexibility index (Phi) is 9.75. The van der Waals surface area contributed by atoms with Crippen molar-refractivity contribution in [2.24, 2.45) is 0 Å². The van der Waals surface area contributed by atoms with E-state index in [1.165, 1.54) is 11.3 Å². The van der Waals surface area contributed by atoms with Crippen LogP contribution < -0.4 is 20.9 Å². The molecule has 1 atom stereocenters. The van der Waals surface area contributed by atoms with Gasteiger partial charge in [-0.1, -0.05) is 0 Å². The van der Waals surface area contributed by atoms with Gasteiger partial charge >= 0.3 is 12.2 Å². The molecular formula is C30H40N6O6S. The summed E-state index contributed by atoms with van der Waals surface area (Å²) in [5, 5.41) is 9.00. The Morgan fingerprint density at radius 2 is 1.77 bits per heavy atom. The Labute approximate surface area is 255 Å². The number of hydrogen-bond acceptors (Lipinski definition) is 10. The van der Waals surface area contributed by atoms with Crippen LogP contribution in [0.1, 0.15) is 70.3 Å². The van der Waals surface area contributed by atoms with Gasteiger partial charge < -0.3 is 29.7 Å². The quantitative estimate of drug-likeness (QED) is 0.296. The lowest BCUT2D eigenvalue weighted by atomic mass is 10.0. The first kappa shape index (κ1) is 32.0. The molecule has 0 unspecified atom stereocenters. The standard InChI is InChI=1S/C30H40N6O6S/c1-29(2,3)41-27(38)33-19-9-8-12-36(16-19)21-10-11-31-15-20(21)34-25(37)23-24-22(13-18(14-32-24)17-40-7)43-26(23)35-28(39)42-30(4,5)6/h10-11,13-15,19H,8-9,12,16-17H2,1-7H3,(H,33,38)(H,34,37)(H,35,39)/t19-/m0/s1. The van der Waals surface area contributed by atoms with Crippen LogP contribution in [-0.4, -0.2) is 65.5 Å². The summed E-state index contributed by atoms with van der Waals surface area (Å²) < 4.78 is 16.8. The van der Waals surface area contributed by atoms with Gasteiger partial charge in [0.25, 0.3) is 5.91 Å². The van der Waals surface area contributed by atoms with E-state index in [-0.39, 0.29) is 11.6 Å².